The van der Waals surface area contributed by atoms with Gasteiger partial charge in [-0.05, 0) is 0 Å². The summed E-state index contributed by atoms with van der Waals surface area (Å²) in [7, 11) is 0. The van der Waals surface area contributed by atoms with Gasteiger partial charge in [-0.15, -0.1) is 0 Å². The van der Waals surface area contributed by atoms with E-state index in [1.54, 1.807) is 0 Å². The molecule has 2 aromatic rings. The first-order valence-corrected chi connectivity index (χ1v) is 3.13. The standard InChI is InChI=1S/C5H2ClFN4/c6-11-2-9-3-1-8-5(7)10-4(3)11/h1-2H. The first-order valence-electron chi connectivity index (χ1n) is 2.79. The van der Waals surface area contributed by atoms with Gasteiger partial charge in [-0.2, -0.15) is 9.37 Å². The normalized spacial score (nSPS) is 10.7. The fourth-order valence-corrected chi connectivity index (χ4v) is 0.930. The Bertz CT molecular complexity index is 398. The highest BCUT2D eigenvalue weighted by Crippen LogP contribution is 2.08. The molecule has 11 heavy (non-hydrogen) atoms. The van der Waals surface area contributed by atoms with Crippen molar-refractivity contribution in [1.29, 1.82) is 0 Å². The summed E-state index contributed by atoms with van der Waals surface area (Å²) in [6.45, 7) is 0. The van der Waals surface area contributed by atoms with Crippen LogP contribution >= 0.6 is 11.8 Å². The number of hydrogen-bond donors (Lipinski definition) is 0. The van der Waals surface area contributed by atoms with E-state index in [0.29, 0.717) is 5.52 Å². The van der Waals surface area contributed by atoms with Crippen molar-refractivity contribution in [2.24, 2.45) is 0 Å². The summed E-state index contributed by atoms with van der Waals surface area (Å²) in [5, 5.41) is 0. The minimum absolute atomic E-state index is 0.277. The second-order valence-electron chi connectivity index (χ2n) is 1.90. The Morgan fingerprint density at radius 3 is 3.09 bits per heavy atom. The lowest BCUT2D eigenvalue weighted by molar-refractivity contribution is 0.543. The Morgan fingerprint density at radius 1 is 1.45 bits per heavy atom. The summed E-state index contributed by atoms with van der Waals surface area (Å²) in [4.78, 5) is 10.5. The fraction of sp³-hybridized carbons (Fsp3) is 0. The minimum Gasteiger partial charge on any atom is -0.232 e. The van der Waals surface area contributed by atoms with Crippen LogP contribution in [0.25, 0.3) is 11.2 Å². The van der Waals surface area contributed by atoms with Crippen molar-refractivity contribution in [1.82, 2.24) is 19.0 Å². The van der Waals surface area contributed by atoms with E-state index >= 15 is 0 Å². The van der Waals surface area contributed by atoms with Gasteiger partial charge < -0.3 is 0 Å². The molecular formula is C5H2ClFN4. The van der Waals surface area contributed by atoms with Crippen LogP contribution in [0.4, 0.5) is 4.39 Å². The Balaban J connectivity index is 2.87. The van der Waals surface area contributed by atoms with Gasteiger partial charge in [-0.3, -0.25) is 0 Å². The van der Waals surface area contributed by atoms with Crippen LogP contribution in [0, 0.1) is 6.08 Å². The van der Waals surface area contributed by atoms with Crippen molar-refractivity contribution in [3.8, 4) is 0 Å². The molecule has 56 valence electrons. The third-order valence-electron chi connectivity index (χ3n) is 1.22. The van der Waals surface area contributed by atoms with E-state index in [9.17, 15) is 4.39 Å². The minimum atomic E-state index is -0.806. The molecule has 0 saturated carbocycles. The third kappa shape index (κ3) is 0.932. The lowest BCUT2D eigenvalue weighted by atomic mass is 10.6. The average molecular weight is 173 g/mol. The molecule has 0 aliphatic heterocycles. The van der Waals surface area contributed by atoms with Gasteiger partial charge >= 0.3 is 6.08 Å². The monoisotopic (exact) mass is 172 g/mol. The van der Waals surface area contributed by atoms with Gasteiger partial charge in [-0.25, -0.2) is 14.1 Å². The smallest absolute Gasteiger partial charge is 0.232 e. The molecule has 0 spiro atoms. The first kappa shape index (κ1) is 6.48. The zero-order valence-electron chi connectivity index (χ0n) is 5.20. The van der Waals surface area contributed by atoms with Crippen LogP contribution in [0.3, 0.4) is 0 Å². The zero-order valence-corrected chi connectivity index (χ0v) is 5.96. The Morgan fingerprint density at radius 2 is 2.27 bits per heavy atom. The molecule has 0 N–H and O–H groups in total. The number of hydrogen-bond acceptors (Lipinski definition) is 3. The molecular weight excluding hydrogens is 171 g/mol. The van der Waals surface area contributed by atoms with Gasteiger partial charge in [0.05, 0.1) is 6.20 Å². The molecule has 0 radical (unpaired) electrons. The molecule has 0 fully saturated rings. The van der Waals surface area contributed by atoms with Crippen molar-refractivity contribution in [3.05, 3.63) is 18.6 Å². The summed E-state index contributed by atoms with van der Waals surface area (Å²) in [5.74, 6) is 0. The summed E-state index contributed by atoms with van der Waals surface area (Å²) in [6, 6.07) is 0. The average Bonchev–Trinajstić information content (AvgIpc) is 2.33. The first-order chi connectivity index (χ1) is 5.27. The number of imidazole rings is 1. The highest BCUT2D eigenvalue weighted by molar-refractivity contribution is 6.18. The molecule has 2 aromatic heterocycles. The lowest BCUT2D eigenvalue weighted by Gasteiger charge is -1.88. The van der Waals surface area contributed by atoms with Crippen molar-refractivity contribution in [3.63, 3.8) is 0 Å². The van der Waals surface area contributed by atoms with Crippen LogP contribution in [0.5, 0.6) is 0 Å². The molecule has 0 aromatic carbocycles. The lowest BCUT2D eigenvalue weighted by Crippen LogP contribution is -1.89. The van der Waals surface area contributed by atoms with Crippen LogP contribution in [0.2, 0.25) is 0 Å². The molecule has 4 nitrogen and oxygen atoms in total. The van der Waals surface area contributed by atoms with Crippen molar-refractivity contribution in [2.75, 3.05) is 0 Å². The number of rotatable bonds is 0. The van der Waals surface area contributed by atoms with Gasteiger partial charge in [0.15, 0.2) is 5.65 Å². The Labute approximate surface area is 65.8 Å². The van der Waals surface area contributed by atoms with Crippen molar-refractivity contribution < 1.29 is 4.39 Å². The highest BCUT2D eigenvalue weighted by atomic mass is 35.5. The second-order valence-corrected chi connectivity index (χ2v) is 2.27. The highest BCUT2D eigenvalue weighted by Gasteiger charge is 2.03. The maximum atomic E-state index is 12.4. The molecule has 0 saturated heterocycles. The molecule has 0 amide bonds. The van der Waals surface area contributed by atoms with Crippen LogP contribution in [0.15, 0.2) is 12.5 Å². The van der Waals surface area contributed by atoms with E-state index in [1.165, 1.54) is 12.5 Å². The van der Waals surface area contributed by atoms with E-state index in [-0.39, 0.29) is 5.65 Å². The SMILES string of the molecule is Fc1ncc2ncn(Cl)c2n1. The molecule has 0 aliphatic rings. The zero-order chi connectivity index (χ0) is 7.84. The van der Waals surface area contributed by atoms with Gasteiger partial charge in [0.1, 0.15) is 11.8 Å². The molecule has 2 heterocycles. The molecule has 2 rings (SSSR count). The summed E-state index contributed by atoms with van der Waals surface area (Å²) >= 11 is 5.54. The quantitative estimate of drug-likeness (QED) is 0.556. The Hall–Kier alpha value is -1.23. The van der Waals surface area contributed by atoms with Gasteiger partial charge in [0, 0.05) is 11.8 Å². The van der Waals surface area contributed by atoms with Gasteiger partial charge in [0.25, 0.3) is 0 Å². The second kappa shape index (κ2) is 2.13. The summed E-state index contributed by atoms with van der Waals surface area (Å²) < 4.78 is 13.5. The fourth-order valence-electron chi connectivity index (χ4n) is 0.762. The van der Waals surface area contributed by atoms with E-state index in [0.717, 1.165) is 4.09 Å². The van der Waals surface area contributed by atoms with Crippen LogP contribution < -0.4 is 0 Å². The molecule has 0 bridgehead atoms. The Kier molecular flexibility index (Phi) is 1.25. The molecule has 0 atom stereocenters. The van der Waals surface area contributed by atoms with Crippen LogP contribution in [-0.4, -0.2) is 19.0 Å². The predicted molar refractivity (Wildman–Crippen MR) is 36.5 cm³/mol. The van der Waals surface area contributed by atoms with Crippen molar-refractivity contribution in [2.45, 2.75) is 0 Å². The van der Waals surface area contributed by atoms with E-state index < -0.39 is 6.08 Å². The van der Waals surface area contributed by atoms with E-state index in [2.05, 4.69) is 15.0 Å². The van der Waals surface area contributed by atoms with Crippen molar-refractivity contribution >= 4 is 22.9 Å². The number of nitrogens with zero attached hydrogens (tertiary/aromatic N) is 4. The van der Waals surface area contributed by atoms with Crippen LogP contribution in [0.1, 0.15) is 0 Å². The largest absolute Gasteiger partial charge is 0.310 e. The molecule has 0 aliphatic carbocycles. The summed E-state index contributed by atoms with van der Waals surface area (Å²) in [5.41, 5.74) is 0.751. The number of aromatic nitrogens is 4. The predicted octanol–water partition coefficient (Wildman–Crippen LogP) is 0.967. The molecule has 0 unspecified atom stereocenters. The maximum absolute atomic E-state index is 12.4. The maximum Gasteiger partial charge on any atom is 0.310 e. The van der Waals surface area contributed by atoms with Gasteiger partial charge in [0.2, 0.25) is 0 Å². The van der Waals surface area contributed by atoms with E-state index in [1.807, 2.05) is 0 Å². The molecule has 6 heteroatoms. The third-order valence-corrected chi connectivity index (χ3v) is 1.47. The summed E-state index contributed by atoms with van der Waals surface area (Å²) in [6.07, 6.45) is 1.80. The topological polar surface area (TPSA) is 43.6 Å². The number of halogens is 2. The van der Waals surface area contributed by atoms with Crippen LogP contribution in [-0.2, 0) is 0 Å². The van der Waals surface area contributed by atoms with Gasteiger partial charge in [-0.1, -0.05) is 0 Å². The van der Waals surface area contributed by atoms with E-state index in [4.69, 9.17) is 11.8 Å². The number of fused-ring (bicyclic) bond motifs is 1.